The molecule has 0 spiro atoms. The third-order valence-electron chi connectivity index (χ3n) is 4.67. The van der Waals surface area contributed by atoms with Gasteiger partial charge in [0.2, 0.25) is 0 Å². The van der Waals surface area contributed by atoms with E-state index in [2.05, 4.69) is 6.07 Å². The molecule has 5 heteroatoms. The van der Waals surface area contributed by atoms with Gasteiger partial charge in [0.05, 0.1) is 7.11 Å². The van der Waals surface area contributed by atoms with Gasteiger partial charge in [0, 0.05) is 24.1 Å². The summed E-state index contributed by atoms with van der Waals surface area (Å²) in [5.74, 6) is 0.900. The maximum Gasteiger partial charge on any atom is 0.410 e. The second kappa shape index (κ2) is 7.43. The van der Waals surface area contributed by atoms with Crippen LogP contribution in [0.5, 0.6) is 5.75 Å². The van der Waals surface area contributed by atoms with Gasteiger partial charge in [-0.25, -0.2) is 4.79 Å². The van der Waals surface area contributed by atoms with Crippen LogP contribution in [0.25, 0.3) is 0 Å². The van der Waals surface area contributed by atoms with E-state index >= 15 is 0 Å². The Morgan fingerprint density at radius 1 is 1.25 bits per heavy atom. The summed E-state index contributed by atoms with van der Waals surface area (Å²) >= 11 is 0. The van der Waals surface area contributed by atoms with Crippen LogP contribution in [-0.4, -0.2) is 43.3 Å². The number of hydrogen-bond acceptors (Lipinski definition) is 4. The van der Waals surface area contributed by atoms with Crippen molar-refractivity contribution in [3.05, 3.63) is 29.8 Å². The summed E-state index contributed by atoms with van der Waals surface area (Å²) in [6.07, 6.45) is 2.38. The SMILES string of the molecule is COc1ccccc1C1(CCN)CCN(C(=O)OC(C)(C)C)CC1. The van der Waals surface area contributed by atoms with Gasteiger partial charge in [-0.15, -0.1) is 0 Å². The van der Waals surface area contributed by atoms with Crippen LogP contribution in [-0.2, 0) is 10.2 Å². The van der Waals surface area contributed by atoms with E-state index in [-0.39, 0.29) is 11.5 Å². The van der Waals surface area contributed by atoms with Gasteiger partial charge >= 0.3 is 6.09 Å². The predicted octanol–water partition coefficient (Wildman–Crippen LogP) is 3.31. The second-order valence-corrected chi connectivity index (χ2v) is 7.49. The highest BCUT2D eigenvalue weighted by molar-refractivity contribution is 5.68. The minimum absolute atomic E-state index is 0.0418. The first-order valence-electron chi connectivity index (χ1n) is 8.63. The molecule has 5 nitrogen and oxygen atoms in total. The average Bonchev–Trinajstić information content (AvgIpc) is 2.54. The Morgan fingerprint density at radius 3 is 2.42 bits per heavy atom. The van der Waals surface area contributed by atoms with Crippen molar-refractivity contribution in [1.29, 1.82) is 0 Å². The summed E-state index contributed by atoms with van der Waals surface area (Å²) in [4.78, 5) is 14.1. The standard InChI is InChI=1S/C19H30N2O3/c1-18(2,3)24-17(22)21-13-10-19(9-12-20,11-14-21)15-7-5-6-8-16(15)23-4/h5-8H,9-14,20H2,1-4H3. The molecule has 0 bridgehead atoms. The quantitative estimate of drug-likeness (QED) is 0.917. The summed E-state index contributed by atoms with van der Waals surface area (Å²) in [6, 6.07) is 8.14. The van der Waals surface area contributed by atoms with Crippen LogP contribution < -0.4 is 10.5 Å². The van der Waals surface area contributed by atoms with Crippen LogP contribution in [0.4, 0.5) is 4.79 Å². The van der Waals surface area contributed by atoms with Gasteiger partial charge in [0.15, 0.2) is 0 Å². The third kappa shape index (κ3) is 4.20. The number of methoxy groups -OCH3 is 1. The number of likely N-dealkylation sites (tertiary alicyclic amines) is 1. The van der Waals surface area contributed by atoms with Crippen LogP contribution in [0.3, 0.4) is 0 Å². The van der Waals surface area contributed by atoms with Crippen molar-refractivity contribution in [2.45, 2.75) is 51.0 Å². The summed E-state index contributed by atoms with van der Waals surface area (Å²) in [6.45, 7) is 7.64. The van der Waals surface area contributed by atoms with E-state index in [4.69, 9.17) is 15.2 Å². The monoisotopic (exact) mass is 334 g/mol. The molecule has 1 aromatic carbocycles. The predicted molar refractivity (Wildman–Crippen MR) is 95.4 cm³/mol. The molecule has 2 rings (SSSR count). The lowest BCUT2D eigenvalue weighted by Crippen LogP contribution is -2.47. The van der Waals surface area contributed by atoms with E-state index in [1.807, 2.05) is 39.0 Å². The zero-order valence-electron chi connectivity index (χ0n) is 15.3. The van der Waals surface area contributed by atoms with E-state index in [1.54, 1.807) is 12.0 Å². The van der Waals surface area contributed by atoms with Crippen molar-refractivity contribution in [2.75, 3.05) is 26.7 Å². The van der Waals surface area contributed by atoms with Crippen molar-refractivity contribution in [1.82, 2.24) is 4.90 Å². The number of benzene rings is 1. The first-order chi connectivity index (χ1) is 11.3. The zero-order valence-corrected chi connectivity index (χ0v) is 15.3. The Bertz CT molecular complexity index is 558. The highest BCUT2D eigenvalue weighted by atomic mass is 16.6. The maximum absolute atomic E-state index is 12.3. The molecule has 1 saturated heterocycles. The summed E-state index contributed by atoms with van der Waals surface area (Å²) in [5.41, 5.74) is 6.59. The van der Waals surface area contributed by atoms with Crippen LogP contribution in [0.2, 0.25) is 0 Å². The Balaban J connectivity index is 2.16. The number of para-hydroxylation sites is 1. The molecule has 0 atom stereocenters. The maximum atomic E-state index is 12.3. The molecule has 134 valence electrons. The molecular weight excluding hydrogens is 304 g/mol. The fraction of sp³-hybridized carbons (Fsp3) is 0.632. The van der Waals surface area contributed by atoms with Crippen molar-refractivity contribution >= 4 is 6.09 Å². The number of carbonyl (C=O) groups excluding carboxylic acids is 1. The van der Waals surface area contributed by atoms with Gasteiger partial charge < -0.3 is 20.1 Å². The topological polar surface area (TPSA) is 64.8 Å². The highest BCUT2D eigenvalue weighted by Crippen LogP contribution is 2.42. The minimum Gasteiger partial charge on any atom is -0.496 e. The van der Waals surface area contributed by atoms with Gasteiger partial charge in [-0.05, 0) is 52.6 Å². The van der Waals surface area contributed by atoms with Crippen LogP contribution in [0, 0.1) is 0 Å². The van der Waals surface area contributed by atoms with Crippen LogP contribution in [0.15, 0.2) is 24.3 Å². The van der Waals surface area contributed by atoms with E-state index < -0.39 is 5.60 Å². The van der Waals surface area contributed by atoms with E-state index in [1.165, 1.54) is 5.56 Å². The van der Waals surface area contributed by atoms with Gasteiger partial charge in [0.25, 0.3) is 0 Å². The van der Waals surface area contributed by atoms with Gasteiger partial charge in [-0.1, -0.05) is 18.2 Å². The zero-order chi connectivity index (χ0) is 17.8. The highest BCUT2D eigenvalue weighted by Gasteiger charge is 2.39. The number of piperidine rings is 1. The van der Waals surface area contributed by atoms with Crippen LogP contribution >= 0.6 is 0 Å². The Hall–Kier alpha value is -1.75. The molecule has 1 heterocycles. The summed E-state index contributed by atoms with van der Waals surface area (Å²) in [5, 5.41) is 0. The van der Waals surface area contributed by atoms with Crippen molar-refractivity contribution in [3.8, 4) is 5.75 Å². The third-order valence-corrected chi connectivity index (χ3v) is 4.67. The number of nitrogens with zero attached hydrogens (tertiary/aromatic N) is 1. The van der Waals surface area contributed by atoms with Crippen LogP contribution in [0.1, 0.15) is 45.6 Å². The van der Waals surface area contributed by atoms with Gasteiger partial charge in [0.1, 0.15) is 11.4 Å². The first-order valence-corrected chi connectivity index (χ1v) is 8.63. The second-order valence-electron chi connectivity index (χ2n) is 7.49. The molecule has 0 unspecified atom stereocenters. The molecule has 1 fully saturated rings. The summed E-state index contributed by atoms with van der Waals surface area (Å²) in [7, 11) is 1.70. The first kappa shape index (κ1) is 18.6. The van der Waals surface area contributed by atoms with Gasteiger partial charge in [-0.2, -0.15) is 0 Å². The molecule has 1 aliphatic heterocycles. The molecule has 0 saturated carbocycles. The molecular formula is C19H30N2O3. The van der Waals surface area contributed by atoms with E-state index in [9.17, 15) is 4.79 Å². The lowest BCUT2D eigenvalue weighted by Gasteiger charge is -2.42. The Kier molecular flexibility index (Phi) is 5.75. The van der Waals surface area contributed by atoms with Gasteiger partial charge in [-0.3, -0.25) is 0 Å². The Labute approximate surface area is 145 Å². The number of amides is 1. The number of hydrogen-bond donors (Lipinski definition) is 1. The molecule has 0 aromatic heterocycles. The number of carbonyl (C=O) groups is 1. The number of ether oxygens (including phenoxy) is 2. The largest absolute Gasteiger partial charge is 0.496 e. The fourth-order valence-corrected chi connectivity index (χ4v) is 3.46. The lowest BCUT2D eigenvalue weighted by molar-refractivity contribution is 0.0159. The average molecular weight is 334 g/mol. The molecule has 1 amide bonds. The molecule has 0 radical (unpaired) electrons. The molecule has 24 heavy (non-hydrogen) atoms. The van der Waals surface area contributed by atoms with Crippen molar-refractivity contribution < 1.29 is 14.3 Å². The lowest BCUT2D eigenvalue weighted by atomic mass is 9.70. The van der Waals surface area contributed by atoms with Crippen molar-refractivity contribution in [3.63, 3.8) is 0 Å². The molecule has 1 aliphatic rings. The van der Waals surface area contributed by atoms with E-state index in [0.29, 0.717) is 19.6 Å². The molecule has 1 aromatic rings. The van der Waals surface area contributed by atoms with E-state index in [0.717, 1.165) is 25.0 Å². The smallest absolute Gasteiger partial charge is 0.410 e. The summed E-state index contributed by atoms with van der Waals surface area (Å²) < 4.78 is 11.1. The number of nitrogens with two attached hydrogens (primary N) is 1. The number of rotatable bonds is 4. The van der Waals surface area contributed by atoms with Crippen molar-refractivity contribution in [2.24, 2.45) is 5.73 Å². The Morgan fingerprint density at radius 2 is 1.88 bits per heavy atom. The fourth-order valence-electron chi connectivity index (χ4n) is 3.46. The molecule has 0 aliphatic carbocycles. The normalized spacial score (nSPS) is 17.5. The minimum atomic E-state index is -0.467. The molecule has 2 N–H and O–H groups in total.